The van der Waals surface area contributed by atoms with Gasteiger partial charge in [-0.2, -0.15) is 0 Å². The second kappa shape index (κ2) is 8.73. The average molecular weight is 418 g/mol. The van der Waals surface area contributed by atoms with Gasteiger partial charge in [-0.3, -0.25) is 9.10 Å². The number of methoxy groups -OCH3 is 1. The highest BCUT2D eigenvalue weighted by molar-refractivity contribution is 7.92. The Morgan fingerprint density at radius 1 is 1.03 bits per heavy atom. The number of carbonyl (C=O) groups is 1. The standard InChI is InChI=1S/C21H27N3O4S/c1-17-8-4-5-9-18(17)24(29(3,26)27)16-21(25)23-14-12-22(13-15-23)19-10-6-7-11-20(19)28-2/h4-11H,12-16H2,1-3H3. The molecule has 1 amide bonds. The van der Waals surface area contributed by atoms with Gasteiger partial charge < -0.3 is 14.5 Å². The molecule has 1 heterocycles. The minimum Gasteiger partial charge on any atom is -0.495 e. The van der Waals surface area contributed by atoms with Crippen molar-refractivity contribution in [2.24, 2.45) is 0 Å². The zero-order valence-corrected chi connectivity index (χ0v) is 17.9. The molecule has 1 aliphatic heterocycles. The van der Waals surface area contributed by atoms with Crippen LogP contribution in [0.1, 0.15) is 5.56 Å². The minimum atomic E-state index is -3.58. The first-order chi connectivity index (χ1) is 13.8. The van der Waals surface area contributed by atoms with Gasteiger partial charge in [-0.25, -0.2) is 8.42 Å². The molecule has 1 saturated heterocycles. The number of aryl methyl sites for hydroxylation is 1. The summed E-state index contributed by atoms with van der Waals surface area (Å²) in [4.78, 5) is 16.8. The summed E-state index contributed by atoms with van der Waals surface area (Å²) in [5.41, 5.74) is 2.35. The average Bonchev–Trinajstić information content (AvgIpc) is 2.72. The maximum absolute atomic E-state index is 12.9. The number of amides is 1. The molecule has 156 valence electrons. The Bertz CT molecular complexity index is 969. The fourth-order valence-corrected chi connectivity index (χ4v) is 4.44. The van der Waals surface area contributed by atoms with Crippen molar-refractivity contribution in [3.63, 3.8) is 0 Å². The van der Waals surface area contributed by atoms with Gasteiger partial charge in [0.25, 0.3) is 0 Å². The zero-order valence-electron chi connectivity index (χ0n) is 17.0. The van der Waals surface area contributed by atoms with E-state index in [0.29, 0.717) is 31.9 Å². The molecule has 7 nitrogen and oxygen atoms in total. The number of sulfonamides is 1. The molecule has 0 N–H and O–H groups in total. The molecular weight excluding hydrogens is 390 g/mol. The zero-order chi connectivity index (χ0) is 21.0. The SMILES string of the molecule is COc1ccccc1N1CCN(C(=O)CN(c2ccccc2C)S(C)(=O)=O)CC1. The third kappa shape index (κ3) is 4.82. The molecule has 1 aliphatic rings. The van der Waals surface area contributed by atoms with Crippen LogP contribution >= 0.6 is 0 Å². The van der Waals surface area contributed by atoms with Gasteiger partial charge in [0.15, 0.2) is 0 Å². The van der Waals surface area contributed by atoms with Crippen molar-refractivity contribution >= 4 is 27.3 Å². The van der Waals surface area contributed by atoms with Crippen LogP contribution in [0.4, 0.5) is 11.4 Å². The summed E-state index contributed by atoms with van der Waals surface area (Å²) in [5.74, 6) is 0.605. The van der Waals surface area contributed by atoms with Crippen molar-refractivity contribution in [3.8, 4) is 5.75 Å². The lowest BCUT2D eigenvalue weighted by Gasteiger charge is -2.37. The molecule has 1 fully saturated rings. The smallest absolute Gasteiger partial charge is 0.243 e. The van der Waals surface area contributed by atoms with Gasteiger partial charge in [0, 0.05) is 26.2 Å². The van der Waals surface area contributed by atoms with Gasteiger partial charge in [-0.05, 0) is 30.7 Å². The Balaban J connectivity index is 1.69. The van der Waals surface area contributed by atoms with E-state index in [4.69, 9.17) is 4.74 Å². The summed E-state index contributed by atoms with van der Waals surface area (Å²) in [7, 11) is -1.94. The predicted molar refractivity (Wildman–Crippen MR) is 115 cm³/mol. The molecule has 0 spiro atoms. The van der Waals surface area contributed by atoms with E-state index in [1.54, 1.807) is 24.1 Å². The second-order valence-electron chi connectivity index (χ2n) is 7.10. The van der Waals surface area contributed by atoms with E-state index >= 15 is 0 Å². The monoisotopic (exact) mass is 417 g/mol. The molecule has 0 unspecified atom stereocenters. The summed E-state index contributed by atoms with van der Waals surface area (Å²) >= 11 is 0. The summed E-state index contributed by atoms with van der Waals surface area (Å²) in [6.07, 6.45) is 1.13. The van der Waals surface area contributed by atoms with Crippen molar-refractivity contribution in [3.05, 3.63) is 54.1 Å². The molecule has 0 radical (unpaired) electrons. The summed E-state index contributed by atoms with van der Waals surface area (Å²) in [6, 6.07) is 15.0. The molecule has 0 atom stereocenters. The fraction of sp³-hybridized carbons (Fsp3) is 0.381. The quantitative estimate of drug-likeness (QED) is 0.720. The minimum absolute atomic E-state index is 0.196. The third-order valence-corrected chi connectivity index (χ3v) is 6.25. The molecule has 0 aromatic heterocycles. The summed E-state index contributed by atoms with van der Waals surface area (Å²) in [5, 5.41) is 0. The maximum atomic E-state index is 12.9. The lowest BCUT2D eigenvalue weighted by atomic mass is 10.2. The number of hydrogen-bond donors (Lipinski definition) is 0. The van der Waals surface area contributed by atoms with Gasteiger partial charge in [-0.1, -0.05) is 30.3 Å². The molecule has 0 saturated carbocycles. The summed E-state index contributed by atoms with van der Waals surface area (Å²) in [6.45, 7) is 4.03. The van der Waals surface area contributed by atoms with E-state index in [9.17, 15) is 13.2 Å². The van der Waals surface area contributed by atoms with E-state index in [1.165, 1.54) is 4.31 Å². The van der Waals surface area contributed by atoms with Gasteiger partial charge in [0.05, 0.1) is 24.7 Å². The van der Waals surface area contributed by atoms with E-state index in [2.05, 4.69) is 4.90 Å². The van der Waals surface area contributed by atoms with Crippen LogP contribution in [0, 0.1) is 6.92 Å². The predicted octanol–water partition coefficient (Wildman–Crippen LogP) is 2.12. The fourth-order valence-electron chi connectivity index (χ4n) is 3.53. The number of nitrogens with zero attached hydrogens (tertiary/aromatic N) is 3. The van der Waals surface area contributed by atoms with Crippen molar-refractivity contribution < 1.29 is 17.9 Å². The van der Waals surface area contributed by atoms with Crippen molar-refractivity contribution in [2.75, 3.05) is 55.3 Å². The molecule has 29 heavy (non-hydrogen) atoms. The first-order valence-corrected chi connectivity index (χ1v) is 11.3. The van der Waals surface area contributed by atoms with Gasteiger partial charge in [-0.15, -0.1) is 0 Å². The van der Waals surface area contributed by atoms with Gasteiger partial charge in [0.2, 0.25) is 15.9 Å². The van der Waals surface area contributed by atoms with Crippen molar-refractivity contribution in [1.29, 1.82) is 0 Å². The highest BCUT2D eigenvalue weighted by atomic mass is 32.2. The largest absolute Gasteiger partial charge is 0.495 e. The molecule has 0 aliphatic carbocycles. The molecule has 0 bridgehead atoms. The number of rotatable bonds is 6. The summed E-state index contributed by atoms with van der Waals surface area (Å²) < 4.78 is 31.3. The molecule has 2 aromatic carbocycles. The molecular formula is C21H27N3O4S. The first-order valence-electron chi connectivity index (χ1n) is 9.50. The first kappa shape index (κ1) is 21.0. The maximum Gasteiger partial charge on any atom is 0.243 e. The Morgan fingerprint density at radius 3 is 2.28 bits per heavy atom. The lowest BCUT2D eigenvalue weighted by molar-refractivity contribution is -0.129. The number of anilines is 2. The molecule has 8 heteroatoms. The van der Waals surface area contributed by atoms with Crippen molar-refractivity contribution in [2.45, 2.75) is 6.92 Å². The Kier molecular flexibility index (Phi) is 6.32. The van der Waals surface area contributed by atoms with Gasteiger partial charge >= 0.3 is 0 Å². The van der Waals surface area contributed by atoms with E-state index < -0.39 is 10.0 Å². The highest BCUT2D eigenvalue weighted by Crippen LogP contribution is 2.28. The van der Waals surface area contributed by atoms with E-state index in [0.717, 1.165) is 23.3 Å². The van der Waals surface area contributed by atoms with Crippen LogP contribution in [0.2, 0.25) is 0 Å². The van der Waals surface area contributed by atoms with E-state index in [1.807, 2.05) is 43.3 Å². The Morgan fingerprint density at radius 2 is 1.66 bits per heavy atom. The topological polar surface area (TPSA) is 70.2 Å². The van der Waals surface area contributed by atoms with Crippen LogP contribution in [0.25, 0.3) is 0 Å². The Labute approximate surface area is 172 Å². The second-order valence-corrected chi connectivity index (χ2v) is 9.00. The van der Waals surface area contributed by atoms with Crippen molar-refractivity contribution in [1.82, 2.24) is 4.90 Å². The Hall–Kier alpha value is -2.74. The number of carbonyl (C=O) groups excluding carboxylic acids is 1. The highest BCUT2D eigenvalue weighted by Gasteiger charge is 2.27. The van der Waals surface area contributed by atoms with Crippen LogP contribution < -0.4 is 13.9 Å². The number of piperazine rings is 1. The third-order valence-electron chi connectivity index (χ3n) is 5.12. The molecule has 2 aromatic rings. The lowest BCUT2D eigenvalue weighted by Crippen LogP contribution is -2.52. The number of benzene rings is 2. The van der Waals surface area contributed by atoms with E-state index in [-0.39, 0.29) is 12.5 Å². The van der Waals surface area contributed by atoms with Gasteiger partial charge in [0.1, 0.15) is 12.3 Å². The van der Waals surface area contributed by atoms with Crippen LogP contribution in [-0.4, -0.2) is 65.3 Å². The van der Waals surface area contributed by atoms with Crippen LogP contribution in [0.5, 0.6) is 5.75 Å². The van der Waals surface area contributed by atoms with Crippen LogP contribution in [0.15, 0.2) is 48.5 Å². The number of ether oxygens (including phenoxy) is 1. The number of para-hydroxylation sites is 3. The molecule has 3 rings (SSSR count). The normalized spacial score (nSPS) is 14.6. The number of hydrogen-bond acceptors (Lipinski definition) is 5. The van der Waals surface area contributed by atoms with Crippen LogP contribution in [0.3, 0.4) is 0 Å². The van der Waals surface area contributed by atoms with Crippen LogP contribution in [-0.2, 0) is 14.8 Å².